The van der Waals surface area contributed by atoms with Gasteiger partial charge in [0.1, 0.15) is 0 Å². The van der Waals surface area contributed by atoms with E-state index in [4.69, 9.17) is 1.37 Å². The molecule has 2 nitrogen and oxygen atoms in total. The van der Waals surface area contributed by atoms with Crippen LogP contribution >= 0.6 is 0 Å². The van der Waals surface area contributed by atoms with E-state index in [1.165, 1.54) is 6.20 Å². The summed E-state index contributed by atoms with van der Waals surface area (Å²) in [6, 6.07) is 7.76. The Morgan fingerprint density at radius 2 is 2.27 bits per heavy atom. The van der Waals surface area contributed by atoms with Gasteiger partial charge in [0.2, 0.25) is 0 Å². The standard InChI is InChI=1S/C9H8N2/c1-2-4-9-8(3-1)7-10-5-6-11-9/h1-7,11H/i6D. The lowest BCUT2D eigenvalue weighted by Crippen LogP contribution is -1.89. The van der Waals surface area contributed by atoms with Crippen molar-refractivity contribution in [2.24, 2.45) is 4.99 Å². The number of aliphatic imine (C=N–C) groups is 1. The second kappa shape index (κ2) is 2.58. The van der Waals surface area contributed by atoms with Gasteiger partial charge in [-0.2, -0.15) is 0 Å². The predicted octanol–water partition coefficient (Wildman–Crippen LogP) is 2.00. The van der Waals surface area contributed by atoms with Crippen molar-refractivity contribution in [2.45, 2.75) is 0 Å². The number of rotatable bonds is 0. The number of nitrogens with zero attached hydrogens (tertiary/aromatic N) is 1. The zero-order chi connectivity index (χ0) is 8.39. The summed E-state index contributed by atoms with van der Waals surface area (Å²) >= 11 is 0. The van der Waals surface area contributed by atoms with E-state index in [9.17, 15) is 0 Å². The first-order valence-electron chi connectivity index (χ1n) is 3.92. The van der Waals surface area contributed by atoms with Crippen molar-refractivity contribution in [3.05, 3.63) is 42.2 Å². The molecule has 0 saturated heterocycles. The van der Waals surface area contributed by atoms with Crippen molar-refractivity contribution in [2.75, 3.05) is 5.32 Å². The van der Waals surface area contributed by atoms with Crippen molar-refractivity contribution >= 4 is 11.9 Å². The first-order valence-corrected chi connectivity index (χ1v) is 3.42. The quantitative estimate of drug-likeness (QED) is 0.593. The Morgan fingerprint density at radius 3 is 3.27 bits per heavy atom. The van der Waals surface area contributed by atoms with Crippen LogP contribution in [0.15, 0.2) is 41.6 Å². The molecule has 0 amide bonds. The Bertz CT molecular complexity index is 355. The fraction of sp³-hybridized carbons (Fsp3) is 0. The van der Waals surface area contributed by atoms with Gasteiger partial charge in [-0.25, -0.2) is 0 Å². The molecule has 0 aliphatic carbocycles. The Morgan fingerprint density at radius 1 is 1.36 bits per heavy atom. The molecule has 11 heavy (non-hydrogen) atoms. The maximum atomic E-state index is 7.38. The molecule has 2 rings (SSSR count). The normalized spacial score (nSPS) is 15.6. The minimum absolute atomic E-state index is 0.316. The molecule has 0 atom stereocenters. The lowest BCUT2D eigenvalue weighted by Gasteiger charge is -2.01. The van der Waals surface area contributed by atoms with Crippen LogP contribution in [0.3, 0.4) is 0 Å². The van der Waals surface area contributed by atoms with Crippen LogP contribution < -0.4 is 5.32 Å². The van der Waals surface area contributed by atoms with Gasteiger partial charge in [-0.15, -0.1) is 0 Å². The first-order chi connectivity index (χ1) is 5.86. The van der Waals surface area contributed by atoms with Gasteiger partial charge in [-0.05, 0) is 6.07 Å². The highest BCUT2D eigenvalue weighted by Crippen LogP contribution is 2.13. The minimum atomic E-state index is 0.316. The van der Waals surface area contributed by atoms with E-state index in [1.54, 1.807) is 6.21 Å². The second-order valence-corrected chi connectivity index (χ2v) is 2.26. The molecule has 1 aliphatic rings. The molecular formula is C9H8N2. The molecule has 1 heterocycles. The topological polar surface area (TPSA) is 24.4 Å². The molecular weight excluding hydrogens is 136 g/mol. The number of benzene rings is 1. The van der Waals surface area contributed by atoms with Crippen molar-refractivity contribution < 1.29 is 1.37 Å². The Labute approximate surface area is 66.7 Å². The number of para-hydroxylation sites is 1. The summed E-state index contributed by atoms with van der Waals surface area (Å²) in [6.07, 6.45) is 3.54. The van der Waals surface area contributed by atoms with Gasteiger partial charge in [-0.1, -0.05) is 18.2 Å². The average Bonchev–Trinajstić information content (AvgIpc) is 2.25. The van der Waals surface area contributed by atoms with E-state index < -0.39 is 0 Å². The molecule has 1 aromatic carbocycles. The van der Waals surface area contributed by atoms with Gasteiger partial charge >= 0.3 is 0 Å². The highest BCUT2D eigenvalue weighted by molar-refractivity contribution is 5.88. The molecule has 0 radical (unpaired) electrons. The molecule has 2 heteroatoms. The third-order valence-corrected chi connectivity index (χ3v) is 1.52. The average molecular weight is 145 g/mol. The maximum Gasteiger partial charge on any atom is 0.0832 e. The van der Waals surface area contributed by atoms with Crippen LogP contribution in [0.2, 0.25) is 0 Å². The predicted molar refractivity (Wildman–Crippen MR) is 46.8 cm³/mol. The number of anilines is 1. The molecule has 1 N–H and O–H groups in total. The fourth-order valence-corrected chi connectivity index (χ4v) is 0.988. The van der Waals surface area contributed by atoms with E-state index in [2.05, 4.69) is 10.3 Å². The molecule has 0 bridgehead atoms. The van der Waals surface area contributed by atoms with E-state index in [0.717, 1.165) is 11.3 Å². The molecule has 1 aromatic rings. The third kappa shape index (κ3) is 1.15. The van der Waals surface area contributed by atoms with E-state index >= 15 is 0 Å². The van der Waals surface area contributed by atoms with Crippen molar-refractivity contribution in [3.63, 3.8) is 0 Å². The van der Waals surface area contributed by atoms with E-state index in [-0.39, 0.29) is 0 Å². The van der Waals surface area contributed by atoms with Crippen LogP contribution in [-0.2, 0) is 0 Å². The Kier molecular flexibility index (Phi) is 1.20. The number of fused-ring (bicyclic) bond motifs is 1. The molecule has 54 valence electrons. The summed E-state index contributed by atoms with van der Waals surface area (Å²) in [5.41, 5.74) is 1.94. The largest absolute Gasteiger partial charge is 0.360 e. The number of hydrogen-bond acceptors (Lipinski definition) is 2. The first kappa shape index (κ1) is 5.13. The van der Waals surface area contributed by atoms with Crippen molar-refractivity contribution in [1.29, 1.82) is 0 Å². The minimum Gasteiger partial charge on any atom is -0.360 e. The number of nitrogens with one attached hydrogen (secondary N) is 1. The zero-order valence-corrected chi connectivity index (χ0v) is 5.91. The highest BCUT2D eigenvalue weighted by atomic mass is 14.9. The van der Waals surface area contributed by atoms with Gasteiger partial charge in [0.15, 0.2) is 0 Å². The van der Waals surface area contributed by atoms with Crippen molar-refractivity contribution in [3.8, 4) is 0 Å². The van der Waals surface area contributed by atoms with Crippen LogP contribution in [0.4, 0.5) is 5.69 Å². The summed E-state index contributed by atoms with van der Waals surface area (Å²) in [7, 11) is 0. The summed E-state index contributed by atoms with van der Waals surface area (Å²) in [4.78, 5) is 3.96. The van der Waals surface area contributed by atoms with Crippen LogP contribution in [-0.4, -0.2) is 6.21 Å². The van der Waals surface area contributed by atoms with Gasteiger partial charge in [0, 0.05) is 29.8 Å². The summed E-state index contributed by atoms with van der Waals surface area (Å²) in [5, 5.41) is 2.93. The summed E-state index contributed by atoms with van der Waals surface area (Å²) < 4.78 is 7.38. The molecule has 1 aliphatic heterocycles. The van der Waals surface area contributed by atoms with E-state index in [1.807, 2.05) is 24.3 Å². The zero-order valence-electron chi connectivity index (χ0n) is 6.91. The SMILES string of the molecule is [2H]C1=CN=Cc2ccccc2N1. The smallest absolute Gasteiger partial charge is 0.0832 e. The second-order valence-electron chi connectivity index (χ2n) is 2.26. The van der Waals surface area contributed by atoms with Crippen LogP contribution in [0.1, 0.15) is 6.93 Å². The van der Waals surface area contributed by atoms with Crippen LogP contribution in [0.5, 0.6) is 0 Å². The molecule has 0 fully saturated rings. The highest BCUT2D eigenvalue weighted by Gasteiger charge is 1.96. The summed E-state index contributed by atoms with van der Waals surface area (Å²) in [6.45, 7) is 0. The lowest BCUT2D eigenvalue weighted by atomic mass is 10.2. The molecule has 0 aromatic heterocycles. The maximum absolute atomic E-state index is 7.38. The van der Waals surface area contributed by atoms with Crippen LogP contribution in [0, 0.1) is 0 Å². The number of hydrogen-bond donors (Lipinski definition) is 1. The van der Waals surface area contributed by atoms with Crippen molar-refractivity contribution in [1.82, 2.24) is 0 Å². The summed E-state index contributed by atoms with van der Waals surface area (Å²) in [5.74, 6) is 0. The fourth-order valence-electron chi connectivity index (χ4n) is 0.988. The monoisotopic (exact) mass is 145 g/mol. The molecule has 0 unspecified atom stereocenters. The lowest BCUT2D eigenvalue weighted by molar-refractivity contribution is 1.55. The van der Waals surface area contributed by atoms with Gasteiger partial charge in [0.05, 0.1) is 1.37 Å². The van der Waals surface area contributed by atoms with Gasteiger partial charge in [0.25, 0.3) is 0 Å². The van der Waals surface area contributed by atoms with Crippen LogP contribution in [0.25, 0.3) is 0 Å². The van der Waals surface area contributed by atoms with Gasteiger partial charge in [-0.3, -0.25) is 4.99 Å². The molecule has 0 spiro atoms. The Hall–Kier alpha value is -1.57. The third-order valence-electron chi connectivity index (χ3n) is 1.52. The molecule has 0 saturated carbocycles. The van der Waals surface area contributed by atoms with Gasteiger partial charge < -0.3 is 5.32 Å². The van der Waals surface area contributed by atoms with E-state index in [0.29, 0.717) is 6.18 Å². The Balaban J connectivity index is 2.49.